The Morgan fingerprint density at radius 2 is 1.90 bits per heavy atom. The molecule has 1 aromatic heterocycles. The molecule has 13 nitrogen and oxygen atoms in total. The number of aryl methyl sites for hydroxylation is 1. The second-order valence-corrected chi connectivity index (χ2v) is 11.4. The van der Waals surface area contributed by atoms with Crippen LogP contribution >= 0.6 is 23.4 Å². The van der Waals surface area contributed by atoms with Crippen LogP contribution in [0.1, 0.15) is 12.5 Å². The van der Waals surface area contributed by atoms with Gasteiger partial charge in [-0.25, -0.2) is 10.2 Å². The molecule has 0 radical (unpaired) electrons. The quantitative estimate of drug-likeness (QED) is 0.0290. The highest BCUT2D eigenvalue weighted by Gasteiger charge is 2.21. The number of amides is 1. The largest absolute Gasteiger partial charge is 0.510 e. The number of allylic oxidation sites excluding steroid dienone is 1. The summed E-state index contributed by atoms with van der Waals surface area (Å²) in [6.45, 7) is 2.84. The van der Waals surface area contributed by atoms with Gasteiger partial charge in [0.2, 0.25) is 0 Å². The maximum atomic E-state index is 12.9. The monoisotopic (exact) mass is 618 g/mol. The van der Waals surface area contributed by atoms with Crippen LogP contribution in [0.3, 0.4) is 0 Å². The summed E-state index contributed by atoms with van der Waals surface area (Å²) in [6.07, 6.45) is 0. The SMILES string of the molecule is COc1ccccc1NC(=O)/C(N=Nc1ccc(-c2nc3ccc(C)c(S(=O)(=O)O)c3s2)cc1SOOO)=C(\C)O. The maximum absolute atomic E-state index is 12.9. The number of carbonyl (C=O) groups is 1. The number of aliphatic hydroxyl groups excluding tert-OH is 1. The predicted molar refractivity (Wildman–Crippen MR) is 152 cm³/mol. The van der Waals surface area contributed by atoms with E-state index in [0.29, 0.717) is 45.1 Å². The summed E-state index contributed by atoms with van der Waals surface area (Å²) in [7, 11) is -3.05. The second kappa shape index (κ2) is 12.7. The van der Waals surface area contributed by atoms with Crippen LogP contribution in [0.25, 0.3) is 20.8 Å². The number of hydrogen-bond acceptors (Lipinski definition) is 13. The summed E-state index contributed by atoms with van der Waals surface area (Å²) in [5.74, 6) is -0.753. The van der Waals surface area contributed by atoms with E-state index in [4.69, 9.17) is 9.99 Å². The number of thiazole rings is 1. The van der Waals surface area contributed by atoms with E-state index in [1.807, 2.05) is 0 Å². The lowest BCUT2D eigenvalue weighted by atomic mass is 10.2. The molecule has 0 unspecified atom stereocenters. The number of nitrogens with one attached hydrogen (secondary N) is 1. The average molecular weight is 619 g/mol. The standard InChI is InChI=1S/C25H22N4O9S3/c1-13-8-10-18-22(23(13)41(33,34)35)39-25(27-18)15-9-11-17(20(12-15)40-38-37-32)28-29-21(14(2)30)24(31)26-16-6-4-5-7-19(16)36-3/h4-12,30,32H,1-3H3,(H,26,31)(H,33,34,35)/b21-14-,29-28?. The fourth-order valence-corrected chi connectivity index (χ4v) is 6.46. The number of fused-ring (bicyclic) bond motifs is 1. The lowest BCUT2D eigenvalue weighted by Crippen LogP contribution is -2.15. The third kappa shape index (κ3) is 6.88. The van der Waals surface area contributed by atoms with Gasteiger partial charge in [0, 0.05) is 5.56 Å². The predicted octanol–water partition coefficient (Wildman–Crippen LogP) is 6.47. The molecule has 41 heavy (non-hydrogen) atoms. The normalized spacial score (nSPS) is 12.5. The minimum Gasteiger partial charge on any atom is -0.510 e. The Morgan fingerprint density at radius 3 is 2.59 bits per heavy atom. The molecule has 0 saturated heterocycles. The van der Waals surface area contributed by atoms with Gasteiger partial charge in [0.05, 0.1) is 40.0 Å². The van der Waals surface area contributed by atoms with Crippen LogP contribution in [0.5, 0.6) is 5.75 Å². The Balaban J connectivity index is 1.69. The van der Waals surface area contributed by atoms with Crippen molar-refractivity contribution >= 4 is 61.0 Å². The molecule has 0 saturated carbocycles. The van der Waals surface area contributed by atoms with Gasteiger partial charge in [-0.1, -0.05) is 23.2 Å². The molecule has 0 aliphatic rings. The zero-order valence-corrected chi connectivity index (χ0v) is 24.0. The van der Waals surface area contributed by atoms with Gasteiger partial charge in [-0.3, -0.25) is 9.35 Å². The Morgan fingerprint density at radius 1 is 1.15 bits per heavy atom. The third-order valence-electron chi connectivity index (χ3n) is 5.50. The van der Waals surface area contributed by atoms with Crippen LogP contribution in [0, 0.1) is 6.92 Å². The molecule has 0 spiro atoms. The van der Waals surface area contributed by atoms with Crippen LogP contribution in [-0.4, -0.2) is 41.3 Å². The number of methoxy groups -OCH3 is 1. The van der Waals surface area contributed by atoms with Gasteiger partial charge < -0.3 is 15.2 Å². The van der Waals surface area contributed by atoms with Crippen molar-refractivity contribution in [2.45, 2.75) is 23.6 Å². The lowest BCUT2D eigenvalue weighted by Gasteiger charge is -2.10. The van der Waals surface area contributed by atoms with Crippen molar-refractivity contribution in [2.24, 2.45) is 10.2 Å². The highest BCUT2D eigenvalue weighted by Crippen LogP contribution is 2.39. The van der Waals surface area contributed by atoms with Crippen molar-refractivity contribution in [1.29, 1.82) is 0 Å². The average Bonchev–Trinajstić information content (AvgIpc) is 3.35. The number of anilines is 1. The van der Waals surface area contributed by atoms with E-state index in [-0.39, 0.29) is 25.9 Å². The van der Waals surface area contributed by atoms with Crippen LogP contribution in [0.4, 0.5) is 11.4 Å². The zero-order chi connectivity index (χ0) is 29.7. The molecule has 214 valence electrons. The first-order valence-corrected chi connectivity index (χ1v) is 14.5. The zero-order valence-electron chi connectivity index (χ0n) is 21.6. The molecule has 0 aliphatic heterocycles. The van der Waals surface area contributed by atoms with Crippen LogP contribution in [-0.2, 0) is 24.3 Å². The Bertz CT molecular complexity index is 1780. The number of para-hydroxylation sites is 2. The van der Waals surface area contributed by atoms with Crippen LogP contribution < -0.4 is 10.1 Å². The number of aliphatic hydroxyl groups is 1. The number of hydrogen-bond donors (Lipinski definition) is 4. The lowest BCUT2D eigenvalue weighted by molar-refractivity contribution is -0.432. The first kappa shape index (κ1) is 30.1. The van der Waals surface area contributed by atoms with E-state index in [1.165, 1.54) is 20.1 Å². The van der Waals surface area contributed by atoms with E-state index < -0.39 is 21.8 Å². The van der Waals surface area contributed by atoms with Crippen molar-refractivity contribution in [3.8, 4) is 16.3 Å². The topological polar surface area (TPSA) is 189 Å². The molecule has 0 aliphatic carbocycles. The molecule has 4 rings (SSSR count). The molecule has 16 heteroatoms. The molecule has 4 N–H and O–H groups in total. The minimum atomic E-state index is -4.50. The van der Waals surface area contributed by atoms with Crippen molar-refractivity contribution in [1.82, 2.24) is 4.98 Å². The van der Waals surface area contributed by atoms with Gasteiger partial charge in [0.15, 0.2) is 5.70 Å². The van der Waals surface area contributed by atoms with Crippen molar-refractivity contribution in [2.75, 3.05) is 12.4 Å². The van der Waals surface area contributed by atoms with E-state index in [9.17, 15) is 22.9 Å². The number of benzene rings is 3. The van der Waals surface area contributed by atoms with E-state index >= 15 is 0 Å². The maximum Gasteiger partial charge on any atom is 0.296 e. The first-order valence-electron chi connectivity index (χ1n) is 11.5. The molecule has 1 amide bonds. The molecule has 0 fully saturated rings. The second-order valence-electron chi connectivity index (χ2n) is 8.25. The van der Waals surface area contributed by atoms with Crippen LogP contribution in [0.15, 0.2) is 86.1 Å². The molecule has 0 atom stereocenters. The number of aromatic nitrogens is 1. The number of rotatable bonds is 10. The van der Waals surface area contributed by atoms with E-state index in [1.54, 1.807) is 55.5 Å². The number of carbonyl (C=O) groups excluding carboxylic acids is 1. The summed E-state index contributed by atoms with van der Waals surface area (Å²) in [5.41, 5.74) is 1.38. The summed E-state index contributed by atoms with van der Waals surface area (Å²) in [4.78, 5) is 17.4. The van der Waals surface area contributed by atoms with Crippen molar-refractivity contribution in [3.05, 3.63) is 71.6 Å². The minimum absolute atomic E-state index is 0.162. The fraction of sp³-hybridized carbons (Fsp3) is 0.120. The summed E-state index contributed by atoms with van der Waals surface area (Å²) in [6, 6.07) is 14.5. The fourth-order valence-electron chi connectivity index (χ4n) is 3.67. The third-order valence-corrected chi connectivity index (χ3v) is 8.44. The summed E-state index contributed by atoms with van der Waals surface area (Å²) in [5, 5.41) is 33.5. The highest BCUT2D eigenvalue weighted by atomic mass is 32.2. The smallest absolute Gasteiger partial charge is 0.296 e. The van der Waals surface area contributed by atoms with E-state index in [2.05, 4.69) is 29.9 Å². The molecular weight excluding hydrogens is 596 g/mol. The van der Waals surface area contributed by atoms with Gasteiger partial charge in [-0.2, -0.15) is 8.42 Å². The number of azo groups is 1. The Labute approximate surface area is 241 Å². The summed E-state index contributed by atoms with van der Waals surface area (Å²) < 4.78 is 43.8. The van der Waals surface area contributed by atoms with Crippen molar-refractivity contribution < 1.29 is 42.2 Å². The van der Waals surface area contributed by atoms with Gasteiger partial charge in [0.25, 0.3) is 16.0 Å². The molecular formula is C25H22N4O9S3. The number of nitrogens with zero attached hydrogens (tertiary/aromatic N) is 3. The van der Waals surface area contributed by atoms with Crippen LogP contribution in [0.2, 0.25) is 0 Å². The molecule has 1 heterocycles. The van der Waals surface area contributed by atoms with Gasteiger partial charge in [-0.15, -0.1) is 25.9 Å². The first-order chi connectivity index (χ1) is 19.5. The molecule has 4 aromatic rings. The Kier molecular flexibility index (Phi) is 9.34. The highest BCUT2D eigenvalue weighted by molar-refractivity contribution is 7.94. The van der Waals surface area contributed by atoms with Gasteiger partial charge in [0.1, 0.15) is 27.1 Å². The van der Waals surface area contributed by atoms with Crippen molar-refractivity contribution in [3.63, 3.8) is 0 Å². The van der Waals surface area contributed by atoms with Gasteiger partial charge in [-0.05, 0) is 55.8 Å². The van der Waals surface area contributed by atoms with Gasteiger partial charge >= 0.3 is 0 Å². The molecule has 0 bridgehead atoms. The summed E-state index contributed by atoms with van der Waals surface area (Å²) >= 11 is 1.62. The van der Waals surface area contributed by atoms with E-state index in [0.717, 1.165) is 11.3 Å². The molecule has 3 aromatic carbocycles. The number of ether oxygens (including phenoxy) is 1. The Hall–Kier alpha value is -3.90.